The van der Waals surface area contributed by atoms with Gasteiger partial charge in [-0.05, 0) is 42.8 Å². The number of methoxy groups -OCH3 is 2. The van der Waals surface area contributed by atoms with Crippen LogP contribution >= 0.6 is 0 Å². The van der Waals surface area contributed by atoms with Gasteiger partial charge in [-0.2, -0.15) is 0 Å². The highest BCUT2D eigenvalue weighted by atomic mass is 16.5. The highest BCUT2D eigenvalue weighted by molar-refractivity contribution is 5.42. The molecule has 4 heteroatoms. The highest BCUT2D eigenvalue weighted by Crippen LogP contribution is 2.28. The van der Waals surface area contributed by atoms with Crippen molar-refractivity contribution in [3.05, 3.63) is 54.1 Å². The predicted molar refractivity (Wildman–Crippen MR) is 97.1 cm³/mol. The molecular formula is C20H27NO3. The van der Waals surface area contributed by atoms with Crippen molar-refractivity contribution < 1.29 is 14.2 Å². The maximum Gasteiger partial charge on any atom is 0.161 e. The Morgan fingerprint density at radius 1 is 0.917 bits per heavy atom. The SMILES string of the molecule is CCN(CCCOc1ccccc1)Cc1ccc(OC)c(OC)c1. The van der Waals surface area contributed by atoms with E-state index in [1.54, 1.807) is 14.2 Å². The van der Waals surface area contributed by atoms with Crippen LogP contribution in [0.15, 0.2) is 48.5 Å². The lowest BCUT2D eigenvalue weighted by atomic mass is 10.2. The van der Waals surface area contributed by atoms with Gasteiger partial charge in [-0.15, -0.1) is 0 Å². The van der Waals surface area contributed by atoms with Gasteiger partial charge >= 0.3 is 0 Å². The quantitative estimate of drug-likeness (QED) is 0.617. The standard InChI is InChI=1S/C20H27NO3/c1-4-21(13-8-14-24-18-9-6-5-7-10-18)16-17-11-12-19(22-2)20(15-17)23-3/h5-7,9-12,15H,4,8,13-14,16H2,1-3H3. The van der Waals surface area contributed by atoms with Crippen LogP contribution in [-0.4, -0.2) is 38.8 Å². The maximum atomic E-state index is 5.75. The lowest BCUT2D eigenvalue weighted by molar-refractivity contribution is 0.236. The van der Waals surface area contributed by atoms with Crippen LogP contribution in [0.3, 0.4) is 0 Å². The molecule has 4 nitrogen and oxygen atoms in total. The summed E-state index contributed by atoms with van der Waals surface area (Å²) in [6, 6.07) is 16.0. The molecule has 2 aromatic carbocycles. The van der Waals surface area contributed by atoms with E-state index < -0.39 is 0 Å². The van der Waals surface area contributed by atoms with Crippen LogP contribution in [0, 0.1) is 0 Å². The van der Waals surface area contributed by atoms with Crippen LogP contribution in [0.5, 0.6) is 17.2 Å². The zero-order valence-corrected chi connectivity index (χ0v) is 14.8. The van der Waals surface area contributed by atoms with Gasteiger partial charge in [-0.3, -0.25) is 4.90 Å². The number of rotatable bonds is 10. The maximum absolute atomic E-state index is 5.75. The van der Waals surface area contributed by atoms with Crippen molar-refractivity contribution in [2.45, 2.75) is 19.9 Å². The molecule has 0 unspecified atom stereocenters. The fourth-order valence-corrected chi connectivity index (χ4v) is 2.58. The van der Waals surface area contributed by atoms with Crippen LogP contribution in [0.2, 0.25) is 0 Å². The van der Waals surface area contributed by atoms with Crippen molar-refractivity contribution in [3.63, 3.8) is 0 Å². The van der Waals surface area contributed by atoms with Gasteiger partial charge in [0.05, 0.1) is 20.8 Å². The second-order valence-electron chi connectivity index (χ2n) is 5.57. The molecule has 0 radical (unpaired) electrons. The molecule has 24 heavy (non-hydrogen) atoms. The molecule has 0 spiro atoms. The molecule has 0 saturated heterocycles. The monoisotopic (exact) mass is 329 g/mol. The van der Waals surface area contributed by atoms with Crippen LogP contribution in [-0.2, 0) is 6.54 Å². The number of nitrogens with zero attached hydrogens (tertiary/aromatic N) is 1. The highest BCUT2D eigenvalue weighted by Gasteiger charge is 2.08. The molecule has 2 aromatic rings. The van der Waals surface area contributed by atoms with Crippen LogP contribution < -0.4 is 14.2 Å². The lowest BCUT2D eigenvalue weighted by Crippen LogP contribution is -2.25. The van der Waals surface area contributed by atoms with E-state index in [1.807, 2.05) is 42.5 Å². The van der Waals surface area contributed by atoms with Crippen LogP contribution in [0.4, 0.5) is 0 Å². The van der Waals surface area contributed by atoms with Crippen LogP contribution in [0.1, 0.15) is 18.9 Å². The average Bonchev–Trinajstić information content (AvgIpc) is 2.64. The summed E-state index contributed by atoms with van der Waals surface area (Å²) in [4.78, 5) is 2.40. The molecule has 0 aliphatic rings. The molecule has 0 aromatic heterocycles. The van der Waals surface area contributed by atoms with Crippen molar-refractivity contribution in [1.29, 1.82) is 0 Å². The first-order chi connectivity index (χ1) is 11.8. The predicted octanol–water partition coefficient (Wildman–Crippen LogP) is 3.99. The number of para-hydroxylation sites is 1. The average molecular weight is 329 g/mol. The fourth-order valence-electron chi connectivity index (χ4n) is 2.58. The molecule has 2 rings (SSSR count). The van der Waals surface area contributed by atoms with E-state index in [1.165, 1.54) is 5.56 Å². The Hall–Kier alpha value is -2.20. The van der Waals surface area contributed by atoms with Gasteiger partial charge in [0.25, 0.3) is 0 Å². The Balaban J connectivity index is 1.81. The van der Waals surface area contributed by atoms with Gasteiger partial charge in [-0.25, -0.2) is 0 Å². The number of ether oxygens (including phenoxy) is 3. The summed E-state index contributed by atoms with van der Waals surface area (Å²) in [5.41, 5.74) is 1.22. The molecule has 0 aliphatic heterocycles. The summed E-state index contributed by atoms with van der Waals surface area (Å²) in [6.07, 6.45) is 0.996. The van der Waals surface area contributed by atoms with Crippen molar-refractivity contribution in [1.82, 2.24) is 4.90 Å². The van der Waals surface area contributed by atoms with Gasteiger partial charge in [-0.1, -0.05) is 31.2 Å². The first-order valence-corrected chi connectivity index (χ1v) is 8.38. The number of hydrogen-bond donors (Lipinski definition) is 0. The Morgan fingerprint density at radius 3 is 2.33 bits per heavy atom. The van der Waals surface area contributed by atoms with Gasteiger partial charge < -0.3 is 14.2 Å². The molecule has 0 fully saturated rings. The van der Waals surface area contributed by atoms with Gasteiger partial charge in [0.1, 0.15) is 5.75 Å². The van der Waals surface area contributed by atoms with E-state index in [4.69, 9.17) is 14.2 Å². The summed E-state index contributed by atoms with van der Waals surface area (Å²) in [5.74, 6) is 2.47. The van der Waals surface area contributed by atoms with E-state index >= 15 is 0 Å². The zero-order valence-electron chi connectivity index (χ0n) is 14.8. The second kappa shape index (κ2) is 9.83. The number of hydrogen-bond acceptors (Lipinski definition) is 4. The summed E-state index contributed by atoms with van der Waals surface area (Å²) in [5, 5.41) is 0. The molecule has 0 atom stereocenters. The topological polar surface area (TPSA) is 30.9 Å². The Kier molecular flexibility index (Phi) is 7.43. The van der Waals surface area contributed by atoms with Crippen molar-refractivity contribution in [2.75, 3.05) is 33.9 Å². The summed E-state index contributed by atoms with van der Waals surface area (Å²) >= 11 is 0. The first kappa shape index (κ1) is 18.1. The number of benzene rings is 2. The van der Waals surface area contributed by atoms with E-state index in [9.17, 15) is 0 Å². The molecule has 0 heterocycles. The van der Waals surface area contributed by atoms with E-state index in [0.29, 0.717) is 0 Å². The van der Waals surface area contributed by atoms with Crippen LogP contribution in [0.25, 0.3) is 0 Å². The minimum atomic E-state index is 0.729. The first-order valence-electron chi connectivity index (χ1n) is 8.38. The third-order valence-electron chi connectivity index (χ3n) is 3.93. The normalized spacial score (nSPS) is 10.7. The molecule has 130 valence electrons. The summed E-state index contributed by atoms with van der Waals surface area (Å²) in [6.45, 7) is 5.80. The second-order valence-corrected chi connectivity index (χ2v) is 5.57. The minimum absolute atomic E-state index is 0.729. The summed E-state index contributed by atoms with van der Waals surface area (Å²) in [7, 11) is 3.32. The van der Waals surface area contributed by atoms with E-state index in [-0.39, 0.29) is 0 Å². The Labute approximate surface area is 145 Å². The largest absolute Gasteiger partial charge is 0.494 e. The Bertz CT molecular complexity index is 601. The molecule has 0 N–H and O–H groups in total. The van der Waals surface area contributed by atoms with Gasteiger partial charge in [0.2, 0.25) is 0 Å². The summed E-state index contributed by atoms with van der Waals surface area (Å²) < 4.78 is 16.4. The smallest absolute Gasteiger partial charge is 0.161 e. The molecule has 0 saturated carbocycles. The third-order valence-corrected chi connectivity index (χ3v) is 3.93. The minimum Gasteiger partial charge on any atom is -0.494 e. The van der Waals surface area contributed by atoms with Crippen molar-refractivity contribution >= 4 is 0 Å². The van der Waals surface area contributed by atoms with Crippen molar-refractivity contribution in [2.24, 2.45) is 0 Å². The molecular weight excluding hydrogens is 302 g/mol. The third kappa shape index (κ3) is 5.46. The molecule has 0 amide bonds. The van der Waals surface area contributed by atoms with E-state index in [0.717, 1.165) is 49.9 Å². The van der Waals surface area contributed by atoms with Crippen molar-refractivity contribution in [3.8, 4) is 17.2 Å². The zero-order chi connectivity index (χ0) is 17.2. The molecule has 0 aliphatic carbocycles. The molecule has 0 bridgehead atoms. The lowest BCUT2D eigenvalue weighted by Gasteiger charge is -2.21. The Morgan fingerprint density at radius 2 is 1.67 bits per heavy atom. The van der Waals surface area contributed by atoms with Gasteiger partial charge in [0.15, 0.2) is 11.5 Å². The van der Waals surface area contributed by atoms with Gasteiger partial charge in [0, 0.05) is 13.1 Å². The van der Waals surface area contributed by atoms with E-state index in [2.05, 4.69) is 17.9 Å². The fraction of sp³-hybridized carbons (Fsp3) is 0.400.